The van der Waals surface area contributed by atoms with Gasteiger partial charge in [-0.2, -0.15) is 13.2 Å². The summed E-state index contributed by atoms with van der Waals surface area (Å²) in [5.74, 6) is -0.0269. The molecule has 1 fully saturated rings. The van der Waals surface area contributed by atoms with Crippen molar-refractivity contribution in [3.8, 4) is 0 Å². The topological polar surface area (TPSA) is 54.5 Å². The first-order chi connectivity index (χ1) is 9.64. The number of carbonyl (C=O) groups is 1. The molecule has 0 bridgehead atoms. The molecule has 4 nitrogen and oxygen atoms in total. The number of carbonyl (C=O) groups excluding carboxylic acids is 1. The van der Waals surface area contributed by atoms with E-state index >= 15 is 0 Å². The van der Waals surface area contributed by atoms with Gasteiger partial charge in [0, 0.05) is 24.3 Å². The molecule has 1 aromatic carbocycles. The van der Waals surface area contributed by atoms with E-state index in [0.29, 0.717) is 6.42 Å². The van der Waals surface area contributed by atoms with E-state index in [-0.39, 0.29) is 29.5 Å². The standard InChI is InChI=1S/C13H14F3NO3S/c1-17(11-4-5-21(19,20)8-11)10-3-2-9(7-18)12(6-10)13(14,15)16/h2-3,6-7,11H,4-5,8H2,1H3. The Bertz CT molecular complexity index is 655. The van der Waals surface area contributed by atoms with Crippen LogP contribution in [0.5, 0.6) is 0 Å². The fourth-order valence-corrected chi connectivity index (χ4v) is 4.18. The number of halogens is 3. The van der Waals surface area contributed by atoms with Crippen LogP contribution in [0.15, 0.2) is 18.2 Å². The molecule has 8 heteroatoms. The van der Waals surface area contributed by atoms with E-state index in [1.807, 2.05) is 0 Å². The fraction of sp³-hybridized carbons (Fsp3) is 0.462. The van der Waals surface area contributed by atoms with Gasteiger partial charge in [0.2, 0.25) is 0 Å². The summed E-state index contributed by atoms with van der Waals surface area (Å²) in [5, 5.41) is 0. The molecule has 0 radical (unpaired) electrons. The number of sulfone groups is 1. The lowest BCUT2D eigenvalue weighted by molar-refractivity contribution is -0.137. The van der Waals surface area contributed by atoms with Crippen LogP contribution in [0.2, 0.25) is 0 Å². The van der Waals surface area contributed by atoms with Crippen LogP contribution >= 0.6 is 0 Å². The number of alkyl halides is 3. The van der Waals surface area contributed by atoms with Crippen LogP contribution in [0.3, 0.4) is 0 Å². The summed E-state index contributed by atoms with van der Waals surface area (Å²) in [4.78, 5) is 12.2. The zero-order chi connectivity index (χ0) is 15.8. The van der Waals surface area contributed by atoms with E-state index in [9.17, 15) is 26.4 Å². The highest BCUT2D eigenvalue weighted by atomic mass is 32.2. The predicted octanol–water partition coefficient (Wildman–Crippen LogP) is 2.14. The zero-order valence-corrected chi connectivity index (χ0v) is 12.0. The molecule has 0 amide bonds. The van der Waals surface area contributed by atoms with Gasteiger partial charge in [0.05, 0.1) is 17.1 Å². The Labute approximate surface area is 120 Å². The highest BCUT2D eigenvalue weighted by Crippen LogP contribution is 2.34. The van der Waals surface area contributed by atoms with E-state index in [1.165, 1.54) is 11.0 Å². The Morgan fingerprint density at radius 2 is 2.00 bits per heavy atom. The maximum atomic E-state index is 12.9. The summed E-state index contributed by atoms with van der Waals surface area (Å²) in [6.07, 6.45) is -4.09. The Kier molecular flexibility index (Phi) is 4.01. The Hall–Kier alpha value is -1.57. The van der Waals surface area contributed by atoms with Gasteiger partial charge >= 0.3 is 6.18 Å². The number of nitrogens with zero attached hydrogens (tertiary/aromatic N) is 1. The van der Waals surface area contributed by atoms with Crippen molar-refractivity contribution in [2.75, 3.05) is 23.5 Å². The molecular formula is C13H14F3NO3S. The van der Waals surface area contributed by atoms with Crippen LogP contribution in [-0.4, -0.2) is 39.3 Å². The van der Waals surface area contributed by atoms with E-state index in [2.05, 4.69) is 0 Å². The van der Waals surface area contributed by atoms with E-state index in [1.54, 1.807) is 7.05 Å². The van der Waals surface area contributed by atoms with Crippen molar-refractivity contribution in [1.82, 2.24) is 0 Å². The highest BCUT2D eigenvalue weighted by Gasteiger charge is 2.35. The van der Waals surface area contributed by atoms with Gasteiger partial charge in [0.25, 0.3) is 0 Å². The summed E-state index contributed by atoms with van der Waals surface area (Å²) < 4.78 is 61.6. The van der Waals surface area contributed by atoms with Gasteiger partial charge < -0.3 is 4.90 Å². The molecule has 21 heavy (non-hydrogen) atoms. The third kappa shape index (κ3) is 3.37. The van der Waals surface area contributed by atoms with E-state index < -0.39 is 27.1 Å². The molecule has 1 heterocycles. The van der Waals surface area contributed by atoms with Gasteiger partial charge in [-0.3, -0.25) is 4.79 Å². The van der Waals surface area contributed by atoms with Crippen molar-refractivity contribution in [3.05, 3.63) is 29.3 Å². The van der Waals surface area contributed by atoms with Crippen LogP contribution in [0.25, 0.3) is 0 Å². The second-order valence-corrected chi connectivity index (χ2v) is 7.28. The Morgan fingerprint density at radius 1 is 1.33 bits per heavy atom. The average Bonchev–Trinajstić information content (AvgIpc) is 2.76. The van der Waals surface area contributed by atoms with Gasteiger partial charge in [0.1, 0.15) is 0 Å². The molecular weight excluding hydrogens is 307 g/mol. The van der Waals surface area contributed by atoms with Gasteiger partial charge in [-0.1, -0.05) is 0 Å². The quantitative estimate of drug-likeness (QED) is 0.801. The first-order valence-corrected chi connectivity index (χ1v) is 8.06. The van der Waals surface area contributed by atoms with Crippen molar-refractivity contribution < 1.29 is 26.4 Å². The number of benzene rings is 1. The van der Waals surface area contributed by atoms with Gasteiger partial charge in [-0.05, 0) is 24.6 Å². The maximum absolute atomic E-state index is 12.9. The van der Waals surface area contributed by atoms with Crippen LogP contribution in [0.1, 0.15) is 22.3 Å². The number of hydrogen-bond donors (Lipinski definition) is 0. The molecule has 1 aromatic rings. The molecule has 1 aliphatic rings. The second kappa shape index (κ2) is 5.32. The molecule has 2 rings (SSSR count). The molecule has 1 atom stereocenters. The summed E-state index contributed by atoms with van der Waals surface area (Å²) in [6, 6.07) is 3.03. The van der Waals surface area contributed by atoms with Gasteiger partial charge in [-0.15, -0.1) is 0 Å². The van der Waals surface area contributed by atoms with Gasteiger partial charge in [0.15, 0.2) is 16.1 Å². The normalized spacial score (nSPS) is 21.2. The minimum Gasteiger partial charge on any atom is -0.371 e. The maximum Gasteiger partial charge on any atom is 0.417 e. The van der Waals surface area contributed by atoms with Crippen LogP contribution in [-0.2, 0) is 16.0 Å². The fourth-order valence-electron chi connectivity index (χ4n) is 2.40. The Balaban J connectivity index is 2.35. The van der Waals surface area contributed by atoms with E-state index in [4.69, 9.17) is 0 Å². The van der Waals surface area contributed by atoms with Crippen LogP contribution in [0.4, 0.5) is 18.9 Å². The molecule has 1 unspecified atom stereocenters. The number of anilines is 1. The molecule has 0 spiro atoms. The van der Waals surface area contributed by atoms with Crippen LogP contribution < -0.4 is 4.90 Å². The van der Waals surface area contributed by atoms with Crippen molar-refractivity contribution in [1.29, 1.82) is 0 Å². The second-order valence-electron chi connectivity index (χ2n) is 5.05. The monoisotopic (exact) mass is 321 g/mol. The largest absolute Gasteiger partial charge is 0.417 e. The minimum absolute atomic E-state index is 0.0422. The summed E-state index contributed by atoms with van der Waals surface area (Å²) in [7, 11) is -1.56. The first kappa shape index (κ1) is 15.8. The third-order valence-electron chi connectivity index (χ3n) is 3.63. The lowest BCUT2D eigenvalue weighted by Gasteiger charge is -2.26. The summed E-state index contributed by atoms with van der Waals surface area (Å²) in [5.41, 5.74) is -1.20. The van der Waals surface area contributed by atoms with Crippen LogP contribution in [0, 0.1) is 0 Å². The third-order valence-corrected chi connectivity index (χ3v) is 5.38. The molecule has 0 aliphatic carbocycles. The molecule has 0 saturated carbocycles. The minimum atomic E-state index is -4.63. The summed E-state index contributed by atoms with van der Waals surface area (Å²) >= 11 is 0. The predicted molar refractivity (Wildman–Crippen MR) is 72.3 cm³/mol. The Morgan fingerprint density at radius 3 is 2.48 bits per heavy atom. The molecule has 0 aromatic heterocycles. The molecule has 1 saturated heterocycles. The zero-order valence-electron chi connectivity index (χ0n) is 11.2. The van der Waals surface area contributed by atoms with Crippen molar-refractivity contribution in [3.63, 3.8) is 0 Å². The number of hydrogen-bond acceptors (Lipinski definition) is 4. The first-order valence-electron chi connectivity index (χ1n) is 6.24. The lowest BCUT2D eigenvalue weighted by Crippen LogP contribution is -2.32. The number of rotatable bonds is 3. The average molecular weight is 321 g/mol. The molecule has 116 valence electrons. The molecule has 0 N–H and O–H groups in total. The van der Waals surface area contributed by atoms with Gasteiger partial charge in [-0.25, -0.2) is 8.42 Å². The van der Waals surface area contributed by atoms with Crippen molar-refractivity contribution >= 4 is 21.8 Å². The van der Waals surface area contributed by atoms with Crippen molar-refractivity contribution in [2.45, 2.75) is 18.6 Å². The highest BCUT2D eigenvalue weighted by molar-refractivity contribution is 7.91. The number of aldehydes is 1. The SMILES string of the molecule is CN(c1ccc(C=O)c(C(F)(F)F)c1)C1CCS(=O)(=O)C1. The van der Waals surface area contributed by atoms with Crippen molar-refractivity contribution in [2.24, 2.45) is 0 Å². The summed E-state index contributed by atoms with van der Waals surface area (Å²) in [6.45, 7) is 0. The smallest absolute Gasteiger partial charge is 0.371 e. The molecule has 1 aliphatic heterocycles. The lowest BCUT2D eigenvalue weighted by atomic mass is 10.1. The van der Waals surface area contributed by atoms with E-state index in [0.717, 1.165) is 12.1 Å².